The molecule has 86 valence electrons. The molecule has 2 heteroatoms. The van der Waals surface area contributed by atoms with E-state index in [1.54, 1.807) is 6.92 Å². The predicted octanol–water partition coefficient (Wildman–Crippen LogP) is 2.54. The van der Waals surface area contributed by atoms with Crippen molar-refractivity contribution in [3.63, 3.8) is 0 Å². The van der Waals surface area contributed by atoms with Crippen molar-refractivity contribution in [1.82, 2.24) is 4.90 Å². The van der Waals surface area contributed by atoms with E-state index in [0.717, 1.165) is 30.8 Å². The molecule has 15 heavy (non-hydrogen) atoms. The van der Waals surface area contributed by atoms with Crippen LogP contribution in [0.3, 0.4) is 0 Å². The largest absolute Gasteiger partial charge is 0.342 e. The molecular weight excluding hydrogens is 186 g/mol. The lowest BCUT2D eigenvalue weighted by atomic mass is 9.67. The van der Waals surface area contributed by atoms with Gasteiger partial charge in [0.1, 0.15) is 0 Å². The Morgan fingerprint density at radius 2 is 1.93 bits per heavy atom. The second kappa shape index (κ2) is 4.15. The van der Waals surface area contributed by atoms with Gasteiger partial charge in [-0.3, -0.25) is 4.79 Å². The number of hydrogen-bond acceptors (Lipinski definition) is 1. The zero-order valence-corrected chi connectivity index (χ0v) is 10.2. The molecule has 0 aromatic carbocycles. The fourth-order valence-corrected chi connectivity index (χ4v) is 3.51. The van der Waals surface area contributed by atoms with E-state index in [0.29, 0.717) is 5.92 Å². The van der Waals surface area contributed by atoms with Crippen LogP contribution in [-0.2, 0) is 4.79 Å². The maximum atomic E-state index is 11.4. The third-order valence-corrected chi connectivity index (χ3v) is 4.45. The van der Waals surface area contributed by atoms with Gasteiger partial charge in [-0.2, -0.15) is 0 Å². The lowest BCUT2D eigenvalue weighted by Crippen LogP contribution is -2.49. The van der Waals surface area contributed by atoms with E-state index in [1.807, 2.05) is 0 Å². The van der Waals surface area contributed by atoms with Gasteiger partial charge < -0.3 is 4.90 Å². The molecule has 0 N–H and O–H groups in total. The number of hydrogen-bond donors (Lipinski definition) is 0. The molecule has 1 saturated heterocycles. The van der Waals surface area contributed by atoms with E-state index in [4.69, 9.17) is 0 Å². The van der Waals surface area contributed by atoms with Crippen molar-refractivity contribution < 1.29 is 4.79 Å². The summed E-state index contributed by atoms with van der Waals surface area (Å²) in [4.78, 5) is 13.5. The number of fused-ring (bicyclic) bond motifs is 1. The van der Waals surface area contributed by atoms with E-state index in [1.165, 1.54) is 19.3 Å². The first-order valence-corrected chi connectivity index (χ1v) is 6.33. The van der Waals surface area contributed by atoms with Gasteiger partial charge in [0.15, 0.2) is 0 Å². The van der Waals surface area contributed by atoms with Gasteiger partial charge in [0.2, 0.25) is 5.91 Å². The summed E-state index contributed by atoms with van der Waals surface area (Å²) in [5, 5.41) is 0. The monoisotopic (exact) mass is 209 g/mol. The number of carbonyl (C=O) groups excluding carboxylic acids is 1. The fourth-order valence-electron chi connectivity index (χ4n) is 3.51. The van der Waals surface area contributed by atoms with Gasteiger partial charge in [-0.25, -0.2) is 0 Å². The summed E-state index contributed by atoms with van der Waals surface area (Å²) in [6, 6.07) is 0. The number of rotatable bonds is 0. The van der Waals surface area contributed by atoms with Crippen LogP contribution in [0.2, 0.25) is 0 Å². The second-order valence-electron chi connectivity index (χ2n) is 5.74. The van der Waals surface area contributed by atoms with Gasteiger partial charge in [0.25, 0.3) is 0 Å². The lowest BCUT2D eigenvalue weighted by molar-refractivity contribution is -0.133. The smallest absolute Gasteiger partial charge is 0.219 e. The van der Waals surface area contributed by atoms with E-state index in [-0.39, 0.29) is 5.91 Å². The Balaban J connectivity index is 2.04. The van der Waals surface area contributed by atoms with Crippen LogP contribution in [0.15, 0.2) is 0 Å². The van der Waals surface area contributed by atoms with Gasteiger partial charge in [-0.1, -0.05) is 20.3 Å². The highest BCUT2D eigenvalue weighted by Gasteiger charge is 2.38. The quantitative estimate of drug-likeness (QED) is 0.600. The minimum Gasteiger partial charge on any atom is -0.342 e. The topological polar surface area (TPSA) is 20.3 Å². The molecule has 0 radical (unpaired) electrons. The highest BCUT2D eigenvalue weighted by Crippen LogP contribution is 2.41. The molecule has 1 aliphatic heterocycles. The molecule has 2 rings (SSSR count). The van der Waals surface area contributed by atoms with Crippen molar-refractivity contribution in [2.45, 2.75) is 40.0 Å². The molecule has 1 saturated carbocycles. The summed E-state index contributed by atoms with van der Waals surface area (Å²) in [6.07, 6.45) is 4.08. The highest BCUT2D eigenvalue weighted by molar-refractivity contribution is 5.73. The second-order valence-corrected chi connectivity index (χ2v) is 5.74. The van der Waals surface area contributed by atoms with Crippen LogP contribution in [0.1, 0.15) is 40.0 Å². The first kappa shape index (κ1) is 11.0. The van der Waals surface area contributed by atoms with Gasteiger partial charge in [0.05, 0.1) is 0 Å². The predicted molar refractivity (Wildman–Crippen MR) is 61.4 cm³/mol. The molecule has 0 spiro atoms. The van der Waals surface area contributed by atoms with Crippen molar-refractivity contribution in [1.29, 1.82) is 0 Å². The number of amides is 1. The molecule has 1 amide bonds. The van der Waals surface area contributed by atoms with Crippen molar-refractivity contribution in [3.8, 4) is 0 Å². The van der Waals surface area contributed by atoms with E-state index < -0.39 is 0 Å². The first-order valence-electron chi connectivity index (χ1n) is 6.33. The summed E-state index contributed by atoms with van der Waals surface area (Å²) in [5.74, 6) is 3.53. The molecule has 0 aromatic heterocycles. The fraction of sp³-hybridized carbons (Fsp3) is 0.923. The average Bonchev–Trinajstić information content (AvgIpc) is 2.18. The van der Waals surface area contributed by atoms with Crippen LogP contribution < -0.4 is 0 Å². The van der Waals surface area contributed by atoms with Gasteiger partial charge in [-0.15, -0.1) is 0 Å². The Morgan fingerprint density at radius 1 is 1.20 bits per heavy atom. The normalized spacial score (nSPS) is 41.1. The van der Waals surface area contributed by atoms with Gasteiger partial charge in [0, 0.05) is 20.0 Å². The molecule has 0 aromatic rings. The first-order chi connectivity index (χ1) is 7.08. The maximum absolute atomic E-state index is 11.4. The summed E-state index contributed by atoms with van der Waals surface area (Å²) < 4.78 is 0. The number of piperidine rings is 1. The molecule has 2 aliphatic rings. The van der Waals surface area contributed by atoms with Crippen LogP contribution in [0, 0.1) is 23.7 Å². The van der Waals surface area contributed by atoms with Crippen LogP contribution in [0.5, 0.6) is 0 Å². The number of likely N-dealkylation sites (tertiary alicyclic amines) is 1. The van der Waals surface area contributed by atoms with Crippen LogP contribution in [0.25, 0.3) is 0 Å². The Morgan fingerprint density at radius 3 is 2.60 bits per heavy atom. The number of nitrogens with zero attached hydrogens (tertiary/aromatic N) is 1. The third kappa shape index (κ3) is 2.19. The van der Waals surface area contributed by atoms with E-state index in [2.05, 4.69) is 18.7 Å². The highest BCUT2D eigenvalue weighted by atomic mass is 16.2. The Bertz CT molecular complexity index is 251. The van der Waals surface area contributed by atoms with Crippen molar-refractivity contribution in [3.05, 3.63) is 0 Å². The summed E-state index contributed by atoms with van der Waals surface area (Å²) in [6.45, 7) is 8.42. The van der Waals surface area contributed by atoms with Crippen LogP contribution >= 0.6 is 0 Å². The summed E-state index contributed by atoms with van der Waals surface area (Å²) in [5.41, 5.74) is 0. The molecule has 1 heterocycles. The zero-order chi connectivity index (χ0) is 11.0. The summed E-state index contributed by atoms with van der Waals surface area (Å²) >= 11 is 0. The van der Waals surface area contributed by atoms with E-state index >= 15 is 0 Å². The molecule has 2 nitrogen and oxygen atoms in total. The molecule has 1 aliphatic carbocycles. The van der Waals surface area contributed by atoms with Crippen LogP contribution in [-0.4, -0.2) is 23.9 Å². The SMILES string of the molecule is CC(=O)N1CC2CC[C@H](C)CC2[C@H](C)C1. The zero-order valence-electron chi connectivity index (χ0n) is 10.2. The maximum Gasteiger partial charge on any atom is 0.219 e. The van der Waals surface area contributed by atoms with Crippen molar-refractivity contribution in [2.75, 3.05) is 13.1 Å². The Labute approximate surface area is 93.0 Å². The third-order valence-electron chi connectivity index (χ3n) is 4.45. The standard InChI is InChI=1S/C13H23NO/c1-9-4-5-12-8-14(11(3)15)7-10(2)13(12)6-9/h9-10,12-13H,4-8H2,1-3H3/t9-,10+,12?,13?/m0/s1. The molecule has 2 fully saturated rings. The van der Waals surface area contributed by atoms with Crippen molar-refractivity contribution in [2.24, 2.45) is 23.7 Å². The van der Waals surface area contributed by atoms with Crippen molar-refractivity contribution >= 4 is 5.91 Å². The summed E-state index contributed by atoms with van der Waals surface area (Å²) in [7, 11) is 0. The van der Waals surface area contributed by atoms with E-state index in [9.17, 15) is 4.79 Å². The van der Waals surface area contributed by atoms with Crippen LogP contribution in [0.4, 0.5) is 0 Å². The molecular formula is C13H23NO. The van der Waals surface area contributed by atoms with Gasteiger partial charge in [-0.05, 0) is 36.5 Å². The molecule has 2 unspecified atom stereocenters. The number of carbonyl (C=O) groups is 1. The lowest BCUT2D eigenvalue weighted by Gasteiger charge is -2.46. The Hall–Kier alpha value is -0.530. The molecule has 0 bridgehead atoms. The Kier molecular flexibility index (Phi) is 3.03. The minimum atomic E-state index is 0.263. The van der Waals surface area contributed by atoms with Gasteiger partial charge >= 0.3 is 0 Å². The average molecular weight is 209 g/mol. The minimum absolute atomic E-state index is 0.263. The molecule has 4 atom stereocenters.